The lowest BCUT2D eigenvalue weighted by Crippen LogP contribution is -2.54. The van der Waals surface area contributed by atoms with Crippen LogP contribution in [0.25, 0.3) is 28.0 Å². The van der Waals surface area contributed by atoms with Gasteiger partial charge in [-0.2, -0.15) is 0 Å². The second kappa shape index (κ2) is 10.8. The molecular formula is C48H38O. The molecule has 7 unspecified atom stereocenters. The van der Waals surface area contributed by atoms with Crippen molar-refractivity contribution < 1.29 is 4.74 Å². The van der Waals surface area contributed by atoms with Gasteiger partial charge in [-0.3, -0.25) is 0 Å². The van der Waals surface area contributed by atoms with Gasteiger partial charge in [0.05, 0.1) is 12.2 Å². The van der Waals surface area contributed by atoms with E-state index in [0.717, 1.165) is 19.3 Å². The Hall–Kier alpha value is -4.98. The summed E-state index contributed by atoms with van der Waals surface area (Å²) in [6, 6.07) is 22.6. The van der Waals surface area contributed by atoms with Gasteiger partial charge in [-0.1, -0.05) is 152 Å². The van der Waals surface area contributed by atoms with E-state index in [0.29, 0.717) is 29.6 Å². The second-order valence-corrected chi connectivity index (χ2v) is 15.0. The first-order chi connectivity index (χ1) is 24.3. The van der Waals surface area contributed by atoms with Crippen molar-refractivity contribution in [1.29, 1.82) is 0 Å². The number of hydrogen-bond acceptors (Lipinski definition) is 1. The molecule has 3 aromatic rings. The van der Waals surface area contributed by atoms with Crippen molar-refractivity contribution in [3.63, 3.8) is 0 Å². The third-order valence-electron chi connectivity index (χ3n) is 12.6. The minimum Gasteiger partial charge on any atom is -0.365 e. The molecule has 0 spiro atoms. The smallest absolute Gasteiger partial charge is 0.0913 e. The SMILES string of the molecule is C1=CC2OC3C(C4=CC=C5C=C(C6=CC=C7C=Cc8c(ccc9ccccc89)C7C6)C=CC5C4)=c4ccccc4=C4C=CCC(C2C=C1)C43. The monoisotopic (exact) mass is 630 g/mol. The fourth-order valence-corrected chi connectivity index (χ4v) is 10.3. The van der Waals surface area contributed by atoms with Gasteiger partial charge in [0.25, 0.3) is 0 Å². The molecule has 0 bridgehead atoms. The Morgan fingerprint density at radius 2 is 1.53 bits per heavy atom. The quantitative estimate of drug-likeness (QED) is 0.274. The van der Waals surface area contributed by atoms with Crippen LogP contribution in [-0.4, -0.2) is 12.2 Å². The van der Waals surface area contributed by atoms with Crippen molar-refractivity contribution in [2.75, 3.05) is 0 Å². The van der Waals surface area contributed by atoms with Crippen LogP contribution in [0.2, 0.25) is 0 Å². The van der Waals surface area contributed by atoms with E-state index >= 15 is 0 Å². The zero-order valence-corrected chi connectivity index (χ0v) is 27.5. The molecule has 1 fully saturated rings. The van der Waals surface area contributed by atoms with E-state index in [9.17, 15) is 0 Å². The van der Waals surface area contributed by atoms with Crippen molar-refractivity contribution in [2.24, 2.45) is 23.7 Å². The molecule has 1 saturated heterocycles. The van der Waals surface area contributed by atoms with Crippen LogP contribution in [0.15, 0.2) is 174 Å². The van der Waals surface area contributed by atoms with Crippen molar-refractivity contribution in [2.45, 2.75) is 37.4 Å². The maximum absolute atomic E-state index is 7.14. The summed E-state index contributed by atoms with van der Waals surface area (Å²) in [7, 11) is 0. The van der Waals surface area contributed by atoms with Gasteiger partial charge in [-0.15, -0.1) is 0 Å². The predicted molar refractivity (Wildman–Crippen MR) is 202 cm³/mol. The van der Waals surface area contributed by atoms with Gasteiger partial charge >= 0.3 is 0 Å². The first kappa shape index (κ1) is 27.9. The van der Waals surface area contributed by atoms with Gasteiger partial charge < -0.3 is 4.74 Å². The molecule has 7 aliphatic carbocycles. The zero-order valence-electron chi connectivity index (χ0n) is 27.5. The van der Waals surface area contributed by atoms with E-state index in [4.69, 9.17) is 4.74 Å². The van der Waals surface area contributed by atoms with E-state index in [1.807, 2.05) is 0 Å². The third kappa shape index (κ3) is 4.22. The molecule has 11 rings (SSSR count). The molecule has 1 heteroatoms. The highest BCUT2D eigenvalue weighted by Crippen LogP contribution is 2.51. The van der Waals surface area contributed by atoms with Gasteiger partial charge in [0, 0.05) is 23.7 Å². The van der Waals surface area contributed by atoms with Gasteiger partial charge in [-0.25, -0.2) is 0 Å². The fourth-order valence-electron chi connectivity index (χ4n) is 10.3. The lowest BCUT2D eigenvalue weighted by atomic mass is 9.62. The Morgan fingerprint density at radius 1 is 0.673 bits per heavy atom. The average Bonchev–Trinajstić information content (AvgIpc) is 3.17. The average molecular weight is 631 g/mol. The molecule has 7 atom stereocenters. The highest BCUT2D eigenvalue weighted by Gasteiger charge is 2.49. The highest BCUT2D eigenvalue weighted by atomic mass is 16.5. The summed E-state index contributed by atoms with van der Waals surface area (Å²) < 4.78 is 7.14. The van der Waals surface area contributed by atoms with Gasteiger partial charge in [0.1, 0.15) is 0 Å². The molecule has 3 aromatic carbocycles. The predicted octanol–water partition coefficient (Wildman–Crippen LogP) is 9.29. The van der Waals surface area contributed by atoms with Crippen LogP contribution in [0.4, 0.5) is 0 Å². The van der Waals surface area contributed by atoms with Crippen LogP contribution in [0.1, 0.15) is 36.3 Å². The number of ether oxygens (including phenoxy) is 1. The number of fused-ring (bicyclic) bond motifs is 9. The number of allylic oxidation sites excluding steroid dienone is 16. The Labute approximate surface area is 288 Å². The normalized spacial score (nSPS) is 31.3. The van der Waals surface area contributed by atoms with Crippen LogP contribution < -0.4 is 10.4 Å². The molecule has 236 valence electrons. The molecule has 0 saturated carbocycles. The van der Waals surface area contributed by atoms with E-state index in [1.165, 1.54) is 71.3 Å². The molecule has 0 N–H and O–H groups in total. The number of benzene rings is 3. The molecular weight excluding hydrogens is 593 g/mol. The Morgan fingerprint density at radius 3 is 2.51 bits per heavy atom. The molecule has 0 aromatic heterocycles. The summed E-state index contributed by atoms with van der Waals surface area (Å²) in [5.41, 5.74) is 12.8. The molecule has 8 aliphatic rings. The lowest BCUT2D eigenvalue weighted by Gasteiger charge is -2.50. The summed E-state index contributed by atoms with van der Waals surface area (Å²) in [4.78, 5) is 0. The maximum Gasteiger partial charge on any atom is 0.0913 e. The third-order valence-corrected chi connectivity index (χ3v) is 12.6. The molecule has 49 heavy (non-hydrogen) atoms. The van der Waals surface area contributed by atoms with Gasteiger partial charge in [0.15, 0.2) is 0 Å². The fraction of sp³-hybridized carbons (Fsp3) is 0.208. The molecule has 1 heterocycles. The van der Waals surface area contributed by atoms with Crippen LogP contribution in [0.5, 0.6) is 0 Å². The van der Waals surface area contributed by atoms with Crippen molar-refractivity contribution in [3.8, 4) is 0 Å². The number of hydrogen-bond donors (Lipinski definition) is 0. The van der Waals surface area contributed by atoms with E-state index in [-0.39, 0.29) is 12.2 Å². The zero-order chi connectivity index (χ0) is 32.1. The lowest BCUT2D eigenvalue weighted by molar-refractivity contribution is -0.0713. The summed E-state index contributed by atoms with van der Waals surface area (Å²) in [5.74, 6) is 2.17. The largest absolute Gasteiger partial charge is 0.365 e. The molecule has 1 nitrogen and oxygen atoms in total. The summed E-state index contributed by atoms with van der Waals surface area (Å²) in [5, 5.41) is 5.44. The Balaban J connectivity index is 0.954. The topological polar surface area (TPSA) is 9.23 Å². The molecule has 0 radical (unpaired) electrons. The van der Waals surface area contributed by atoms with Crippen LogP contribution >= 0.6 is 0 Å². The summed E-state index contributed by atoms with van der Waals surface area (Å²) in [6.07, 6.45) is 38.9. The van der Waals surface area contributed by atoms with Crippen LogP contribution in [0.3, 0.4) is 0 Å². The summed E-state index contributed by atoms with van der Waals surface area (Å²) in [6.45, 7) is 0. The van der Waals surface area contributed by atoms with Gasteiger partial charge in [0.2, 0.25) is 0 Å². The first-order valence-electron chi connectivity index (χ1n) is 18.2. The second-order valence-electron chi connectivity index (χ2n) is 15.0. The molecule has 0 amide bonds. The Kier molecular flexibility index (Phi) is 6.13. The minimum atomic E-state index is 0.0787. The Bertz CT molecular complexity index is 2430. The first-order valence-corrected chi connectivity index (χ1v) is 18.2. The molecule has 1 aliphatic heterocycles. The van der Waals surface area contributed by atoms with E-state index in [2.05, 4.69) is 152 Å². The van der Waals surface area contributed by atoms with Gasteiger partial charge in [-0.05, 0) is 96.5 Å². The van der Waals surface area contributed by atoms with Crippen LogP contribution in [-0.2, 0) is 4.74 Å². The van der Waals surface area contributed by atoms with E-state index in [1.54, 1.807) is 0 Å². The van der Waals surface area contributed by atoms with E-state index < -0.39 is 0 Å². The summed E-state index contributed by atoms with van der Waals surface area (Å²) >= 11 is 0. The minimum absolute atomic E-state index is 0.0787. The van der Waals surface area contributed by atoms with Crippen molar-refractivity contribution >= 4 is 28.0 Å². The van der Waals surface area contributed by atoms with Crippen LogP contribution in [0, 0.1) is 23.7 Å². The highest BCUT2D eigenvalue weighted by molar-refractivity contribution is 5.93. The van der Waals surface area contributed by atoms with Crippen molar-refractivity contribution in [3.05, 3.63) is 195 Å². The number of rotatable bonds is 2. The standard InChI is InChI=1S/C48H38O/c1-2-9-36-29(8-1)22-25-39-38(36)24-23-30-16-17-34(28-44(30)39)32-18-19-33-27-35(21-20-31(33)26-32)46-41-12-4-3-10-37(41)42-13-7-14-43-40-11-5-6-15-45(40)49-48(46)47(42)43/h1-13,15-26,33,40,43-45,47-48H,14,27-28H2. The maximum atomic E-state index is 7.14. The van der Waals surface area contributed by atoms with Crippen molar-refractivity contribution in [1.82, 2.24) is 0 Å².